The number of methoxy groups -OCH3 is 1. The number of nitrogens with one attached hydrogen (secondary N) is 1. The summed E-state index contributed by atoms with van der Waals surface area (Å²) in [6.45, 7) is 4.82. The zero-order chi connectivity index (χ0) is 12.1. The highest BCUT2D eigenvalue weighted by Crippen LogP contribution is 2.14. The number of rotatable bonds is 6. The minimum atomic E-state index is 0.805. The Labute approximate surface area is 105 Å². The lowest BCUT2D eigenvalue weighted by molar-refractivity contribution is 0.413. The first-order valence-electron chi connectivity index (χ1n) is 5.60. The number of hydrogen-bond donors (Lipinski definition) is 1. The largest absolute Gasteiger partial charge is 0.493 e. The van der Waals surface area contributed by atoms with Gasteiger partial charge in [0, 0.05) is 22.8 Å². The van der Waals surface area contributed by atoms with E-state index in [1.165, 1.54) is 9.75 Å². The van der Waals surface area contributed by atoms with Crippen molar-refractivity contribution in [3.8, 4) is 5.75 Å². The van der Waals surface area contributed by atoms with Gasteiger partial charge in [-0.15, -0.1) is 11.3 Å². The normalized spacial score (nSPS) is 10.7. The van der Waals surface area contributed by atoms with Crippen LogP contribution in [0.15, 0.2) is 24.5 Å². The second-order valence-electron chi connectivity index (χ2n) is 3.83. The molecule has 1 N–H and O–H groups in total. The Morgan fingerprint density at radius 1 is 1.47 bits per heavy atom. The molecule has 0 fully saturated rings. The van der Waals surface area contributed by atoms with Crippen molar-refractivity contribution in [2.24, 2.45) is 0 Å². The third kappa shape index (κ3) is 3.57. The van der Waals surface area contributed by atoms with Crippen LogP contribution in [0.1, 0.15) is 9.75 Å². The molecule has 0 saturated heterocycles. The maximum absolute atomic E-state index is 5.07. The van der Waals surface area contributed by atoms with Gasteiger partial charge in [-0.05, 0) is 19.1 Å². The quantitative estimate of drug-likeness (QED) is 0.799. The van der Waals surface area contributed by atoms with Crippen molar-refractivity contribution in [3.05, 3.63) is 34.3 Å². The molecule has 0 atom stereocenters. The number of ether oxygens (including phenoxy) is 1. The minimum absolute atomic E-state index is 0.805. The van der Waals surface area contributed by atoms with Crippen LogP contribution in [0.2, 0.25) is 0 Å². The van der Waals surface area contributed by atoms with E-state index in [0.29, 0.717) is 0 Å². The number of aryl methyl sites for hydroxylation is 1. The predicted octanol–water partition coefficient (Wildman–Crippen LogP) is 2.05. The highest BCUT2D eigenvalue weighted by Gasteiger charge is 1.98. The average molecular weight is 251 g/mol. The van der Waals surface area contributed by atoms with Crippen LogP contribution < -0.4 is 10.1 Å². The topological polar surface area (TPSA) is 39.1 Å². The summed E-state index contributed by atoms with van der Waals surface area (Å²) in [7, 11) is 1.65. The van der Waals surface area contributed by atoms with Crippen LogP contribution in [0, 0.1) is 6.92 Å². The summed E-state index contributed by atoms with van der Waals surface area (Å²) in [5.41, 5.74) is 0. The summed E-state index contributed by atoms with van der Waals surface area (Å²) in [4.78, 5) is 2.74. The molecule has 0 aliphatic rings. The summed E-state index contributed by atoms with van der Waals surface area (Å²) in [6.07, 6.45) is 3.62. The van der Waals surface area contributed by atoms with Gasteiger partial charge in [0.05, 0.1) is 26.0 Å². The van der Waals surface area contributed by atoms with Crippen molar-refractivity contribution in [2.75, 3.05) is 13.7 Å². The molecular weight excluding hydrogens is 234 g/mol. The fourth-order valence-electron chi connectivity index (χ4n) is 1.56. The Kier molecular flexibility index (Phi) is 4.17. The van der Waals surface area contributed by atoms with Crippen LogP contribution in [0.25, 0.3) is 0 Å². The summed E-state index contributed by atoms with van der Waals surface area (Å²) in [6, 6.07) is 4.32. The first-order chi connectivity index (χ1) is 8.28. The van der Waals surface area contributed by atoms with Crippen LogP contribution >= 0.6 is 11.3 Å². The molecule has 0 spiro atoms. The Hall–Kier alpha value is -1.33. The van der Waals surface area contributed by atoms with E-state index < -0.39 is 0 Å². The van der Waals surface area contributed by atoms with Crippen LogP contribution in [0.5, 0.6) is 5.75 Å². The maximum Gasteiger partial charge on any atom is 0.156 e. The van der Waals surface area contributed by atoms with Crippen LogP contribution in [0.3, 0.4) is 0 Å². The Balaban J connectivity index is 1.69. The van der Waals surface area contributed by atoms with Gasteiger partial charge in [0.15, 0.2) is 5.75 Å². The maximum atomic E-state index is 5.07. The van der Waals surface area contributed by atoms with E-state index in [2.05, 4.69) is 29.5 Å². The Bertz CT molecular complexity index is 464. The molecule has 4 nitrogen and oxygen atoms in total. The number of thiophene rings is 1. The van der Waals surface area contributed by atoms with Gasteiger partial charge in [-0.25, -0.2) is 0 Å². The minimum Gasteiger partial charge on any atom is -0.493 e. The van der Waals surface area contributed by atoms with Gasteiger partial charge in [-0.2, -0.15) is 5.10 Å². The second-order valence-corrected chi connectivity index (χ2v) is 5.20. The molecule has 0 bridgehead atoms. The van der Waals surface area contributed by atoms with Crippen molar-refractivity contribution >= 4 is 11.3 Å². The van der Waals surface area contributed by atoms with Gasteiger partial charge in [0.25, 0.3) is 0 Å². The van der Waals surface area contributed by atoms with Crippen molar-refractivity contribution < 1.29 is 4.74 Å². The van der Waals surface area contributed by atoms with Crippen LogP contribution in [-0.2, 0) is 13.1 Å². The highest BCUT2D eigenvalue weighted by atomic mass is 32.1. The van der Waals surface area contributed by atoms with Gasteiger partial charge < -0.3 is 10.1 Å². The van der Waals surface area contributed by atoms with E-state index in [4.69, 9.17) is 4.74 Å². The van der Waals surface area contributed by atoms with Gasteiger partial charge in [-0.3, -0.25) is 4.68 Å². The van der Waals surface area contributed by atoms with Crippen LogP contribution in [-0.4, -0.2) is 23.4 Å². The van der Waals surface area contributed by atoms with Crippen molar-refractivity contribution in [3.63, 3.8) is 0 Å². The molecule has 2 aromatic rings. The monoisotopic (exact) mass is 251 g/mol. The number of aromatic nitrogens is 2. The van der Waals surface area contributed by atoms with E-state index in [1.54, 1.807) is 13.3 Å². The van der Waals surface area contributed by atoms with Gasteiger partial charge in [0.1, 0.15) is 0 Å². The molecule has 0 aromatic carbocycles. The second kappa shape index (κ2) is 5.84. The molecule has 2 aromatic heterocycles. The first-order valence-corrected chi connectivity index (χ1v) is 6.42. The lowest BCUT2D eigenvalue weighted by Gasteiger charge is -2.03. The number of nitrogens with zero attached hydrogens (tertiary/aromatic N) is 2. The van der Waals surface area contributed by atoms with Gasteiger partial charge in [-0.1, -0.05) is 0 Å². The first kappa shape index (κ1) is 12.1. The predicted molar refractivity (Wildman–Crippen MR) is 69.5 cm³/mol. The van der Waals surface area contributed by atoms with Crippen molar-refractivity contribution in [1.82, 2.24) is 15.1 Å². The molecule has 0 aliphatic heterocycles. The highest BCUT2D eigenvalue weighted by molar-refractivity contribution is 7.11. The molecule has 0 unspecified atom stereocenters. The summed E-state index contributed by atoms with van der Waals surface area (Å²) >= 11 is 1.84. The smallest absolute Gasteiger partial charge is 0.156 e. The lowest BCUT2D eigenvalue weighted by atomic mass is 10.4. The molecule has 0 saturated carbocycles. The molecular formula is C12H17N3OS. The molecule has 17 heavy (non-hydrogen) atoms. The molecule has 0 aliphatic carbocycles. The van der Waals surface area contributed by atoms with Crippen LogP contribution in [0.4, 0.5) is 0 Å². The average Bonchev–Trinajstić information content (AvgIpc) is 2.93. The van der Waals surface area contributed by atoms with Gasteiger partial charge in [0.2, 0.25) is 0 Å². The molecule has 0 radical (unpaired) electrons. The Morgan fingerprint density at radius 2 is 2.35 bits per heavy atom. The lowest BCUT2D eigenvalue weighted by Crippen LogP contribution is -2.19. The van der Waals surface area contributed by atoms with E-state index in [9.17, 15) is 0 Å². The zero-order valence-electron chi connectivity index (χ0n) is 10.1. The molecule has 0 amide bonds. The standard InChI is InChI=1S/C12H17N3OS/c1-10-3-4-12(17-10)8-13-5-6-15-9-11(16-2)7-14-15/h3-4,7,9,13H,5-6,8H2,1-2H3. The van der Waals surface area contributed by atoms with E-state index >= 15 is 0 Å². The van der Waals surface area contributed by atoms with Crippen molar-refractivity contribution in [1.29, 1.82) is 0 Å². The summed E-state index contributed by atoms with van der Waals surface area (Å²) in [5.74, 6) is 0.805. The van der Waals surface area contributed by atoms with E-state index in [1.807, 2.05) is 22.2 Å². The third-order valence-electron chi connectivity index (χ3n) is 2.46. The molecule has 2 rings (SSSR count). The third-order valence-corrected chi connectivity index (χ3v) is 3.46. The zero-order valence-corrected chi connectivity index (χ0v) is 11.0. The fourth-order valence-corrected chi connectivity index (χ4v) is 2.42. The van der Waals surface area contributed by atoms with E-state index in [0.717, 1.165) is 25.4 Å². The Morgan fingerprint density at radius 3 is 3.00 bits per heavy atom. The summed E-state index contributed by atoms with van der Waals surface area (Å²) in [5, 5.41) is 7.59. The number of hydrogen-bond acceptors (Lipinski definition) is 4. The molecule has 2 heterocycles. The summed E-state index contributed by atoms with van der Waals surface area (Å²) < 4.78 is 6.95. The van der Waals surface area contributed by atoms with Crippen molar-refractivity contribution in [2.45, 2.75) is 20.0 Å². The molecule has 5 heteroatoms. The SMILES string of the molecule is COc1cnn(CCNCc2ccc(C)s2)c1. The van der Waals surface area contributed by atoms with Gasteiger partial charge >= 0.3 is 0 Å². The fraction of sp³-hybridized carbons (Fsp3) is 0.417. The van der Waals surface area contributed by atoms with E-state index in [-0.39, 0.29) is 0 Å². The molecule has 92 valence electrons.